The summed E-state index contributed by atoms with van der Waals surface area (Å²) in [5.41, 5.74) is 2.20. The molecule has 0 aromatic heterocycles. The first kappa shape index (κ1) is 53.1. The molecule has 0 spiro atoms. The Kier molecular flexibility index (Phi) is 17.1. The van der Waals surface area contributed by atoms with Crippen molar-refractivity contribution in [2.75, 3.05) is 27.9 Å². The molecule has 0 amide bonds. The zero-order valence-electron chi connectivity index (χ0n) is 42.9. The van der Waals surface area contributed by atoms with Crippen LogP contribution in [-0.4, -0.2) is 115 Å². The summed E-state index contributed by atoms with van der Waals surface area (Å²) in [6, 6.07) is 48.9. The first-order valence-electron chi connectivity index (χ1n) is 25.4. The molecular formula is C58H70O14Si. The van der Waals surface area contributed by atoms with Gasteiger partial charge in [0.25, 0.3) is 0 Å². The summed E-state index contributed by atoms with van der Waals surface area (Å²) in [7, 11) is 1.61. The van der Waals surface area contributed by atoms with E-state index in [4.69, 9.17) is 61.6 Å². The second-order valence-electron chi connectivity index (χ2n) is 20.2. The zero-order chi connectivity index (χ0) is 51.1. The highest BCUT2D eigenvalue weighted by Gasteiger charge is 2.68. The van der Waals surface area contributed by atoms with E-state index >= 15 is 0 Å². The third-order valence-electron chi connectivity index (χ3n) is 14.7. The van der Waals surface area contributed by atoms with Gasteiger partial charge in [-0.05, 0) is 58.4 Å². The van der Waals surface area contributed by atoms with E-state index in [-0.39, 0.29) is 24.9 Å². The number of ether oxygens (including phenoxy) is 11. The van der Waals surface area contributed by atoms with Gasteiger partial charge in [0.15, 0.2) is 18.7 Å². The lowest BCUT2D eigenvalue weighted by Crippen LogP contribution is -2.76. The molecule has 0 unspecified atom stereocenters. The Morgan fingerprint density at radius 3 is 1.60 bits per heavy atom. The van der Waals surface area contributed by atoms with Crippen LogP contribution in [0, 0.1) is 0 Å². The molecule has 4 fully saturated rings. The van der Waals surface area contributed by atoms with Gasteiger partial charge in [0.05, 0.1) is 24.9 Å². The first-order chi connectivity index (χ1) is 35.4. The third-order valence-corrected chi connectivity index (χ3v) is 19.4. The summed E-state index contributed by atoms with van der Waals surface area (Å²) in [4.78, 5) is 20.4. The average molecular weight is 1020 g/mol. The van der Waals surface area contributed by atoms with Gasteiger partial charge in [-0.25, -0.2) is 9.68 Å². The molecule has 1 aliphatic carbocycles. The van der Waals surface area contributed by atoms with Gasteiger partial charge in [-0.2, -0.15) is 0 Å². The summed E-state index contributed by atoms with van der Waals surface area (Å²) in [5.74, 6) is -3.18. The zero-order valence-corrected chi connectivity index (χ0v) is 43.9. The lowest BCUT2D eigenvalue weighted by atomic mass is 9.83. The van der Waals surface area contributed by atoms with Crippen LogP contribution in [0.1, 0.15) is 74.9 Å². The Labute approximate surface area is 430 Å². The van der Waals surface area contributed by atoms with E-state index in [1.54, 1.807) is 45.6 Å². The fourth-order valence-electron chi connectivity index (χ4n) is 10.9. The quantitative estimate of drug-likeness (QED) is 0.0339. The highest BCUT2D eigenvalue weighted by atomic mass is 28.4. The van der Waals surface area contributed by atoms with Gasteiger partial charge >= 0.3 is 14.3 Å². The maximum absolute atomic E-state index is 13.9. The molecule has 5 aromatic rings. The van der Waals surface area contributed by atoms with Gasteiger partial charge in [-0.1, -0.05) is 160 Å². The van der Waals surface area contributed by atoms with Crippen LogP contribution in [0.15, 0.2) is 152 Å². The van der Waals surface area contributed by atoms with Crippen LogP contribution in [-0.2, 0) is 74.8 Å². The molecule has 0 radical (unpaired) electrons. The lowest BCUT2D eigenvalue weighted by Gasteiger charge is -2.60. The summed E-state index contributed by atoms with van der Waals surface area (Å²) in [6.07, 6.45) is -6.91. The number of fused-ring (bicyclic) bond motifs is 2. The second kappa shape index (κ2) is 23.5. The van der Waals surface area contributed by atoms with E-state index in [0.29, 0.717) is 18.4 Å². The molecule has 0 N–H and O–H groups in total. The van der Waals surface area contributed by atoms with Crippen molar-refractivity contribution in [1.82, 2.24) is 0 Å². The van der Waals surface area contributed by atoms with E-state index < -0.39 is 87.3 Å². The van der Waals surface area contributed by atoms with Gasteiger partial charge in [0, 0.05) is 34.2 Å². The van der Waals surface area contributed by atoms with Gasteiger partial charge in [-0.3, -0.25) is 4.58 Å². The topological polar surface area (TPSA) is 137 Å². The molecule has 3 heterocycles. The van der Waals surface area contributed by atoms with E-state index in [0.717, 1.165) is 34.3 Å². The standard InChI is InChI=1S/C58H70O14Si/c1-40-47(68-53(59)43-29-17-10-18-30-43)49(63-37-41-25-13-8-14-26-41)51(64-38-42-27-15-9-16-28-42)55(66-40)69-52-50-48(70-57(61-6)35-23-24-36-58(57,62-7)71-50)46(67-54(52)60-5)39-65-72-73(56(2,3)4,44-31-19-11-20-32-44)45-33-21-12-22-34-45/h8-22,25-34,40,46-52,54-55H,23-24,35-39H2,1-7H3/t40-,46+,47-,48+,49+,50-,51+,52-,54-,55-,57-,58-/m0/s1. The Morgan fingerprint density at radius 2 is 1.10 bits per heavy atom. The van der Waals surface area contributed by atoms with E-state index in [1.807, 2.05) is 110 Å². The number of carbonyl (C=O) groups excluding carboxylic acids is 1. The summed E-state index contributed by atoms with van der Waals surface area (Å²) < 4.78 is 81.3. The van der Waals surface area contributed by atoms with Gasteiger partial charge in [0.1, 0.15) is 43.2 Å². The molecular weight excluding hydrogens is 949 g/mol. The van der Waals surface area contributed by atoms with Crippen molar-refractivity contribution in [3.63, 3.8) is 0 Å². The van der Waals surface area contributed by atoms with E-state index in [2.05, 4.69) is 45.0 Å². The number of esters is 1. The van der Waals surface area contributed by atoms with E-state index in [9.17, 15) is 4.79 Å². The van der Waals surface area contributed by atoms with Crippen molar-refractivity contribution < 1.29 is 66.4 Å². The largest absolute Gasteiger partial charge is 0.453 e. The Hall–Kier alpha value is -4.69. The van der Waals surface area contributed by atoms with Crippen LogP contribution in [0.4, 0.5) is 0 Å². The van der Waals surface area contributed by atoms with Crippen molar-refractivity contribution >= 4 is 24.7 Å². The molecule has 390 valence electrons. The van der Waals surface area contributed by atoms with Gasteiger partial charge in [0.2, 0.25) is 11.6 Å². The number of methoxy groups -OCH3 is 3. The highest BCUT2D eigenvalue weighted by molar-refractivity contribution is 6.99. The molecule has 12 atom stereocenters. The maximum Gasteiger partial charge on any atom is 0.338 e. The second-order valence-corrected chi connectivity index (χ2v) is 24.3. The number of hydrogen-bond donors (Lipinski definition) is 0. The Balaban J connectivity index is 1.06. The van der Waals surface area contributed by atoms with Crippen LogP contribution in [0.25, 0.3) is 0 Å². The van der Waals surface area contributed by atoms with Crippen molar-refractivity contribution in [2.24, 2.45) is 0 Å². The van der Waals surface area contributed by atoms with E-state index in [1.165, 1.54) is 0 Å². The molecule has 4 aliphatic rings. The fourth-order valence-corrected chi connectivity index (χ4v) is 15.0. The van der Waals surface area contributed by atoms with Crippen LogP contribution < -0.4 is 10.4 Å². The SMILES string of the molecule is CO[C@H]1O[C@H](COO[Si](c2ccccc2)(c2ccccc2)C(C)(C)C)[C@H]2O[C@@]3(OC)CCCC[C@]3(OC)O[C@@H]2[C@@H]1O[C@@H]1O[C@@H](C)[C@H](OC(=O)c2ccccc2)[C@@H](OCc2ccccc2)[C@H]1OCc1ccccc1. The van der Waals surface area contributed by atoms with Crippen molar-refractivity contribution in [3.05, 3.63) is 168 Å². The molecule has 0 bridgehead atoms. The monoisotopic (exact) mass is 1020 g/mol. The average Bonchev–Trinajstić information content (AvgIpc) is 3.42. The normalized spacial score (nSPS) is 30.5. The van der Waals surface area contributed by atoms with Crippen LogP contribution in [0.2, 0.25) is 5.04 Å². The summed E-state index contributed by atoms with van der Waals surface area (Å²) in [6.45, 7) is 8.64. The maximum atomic E-state index is 13.9. The van der Waals surface area contributed by atoms with Gasteiger partial charge in [-0.15, -0.1) is 0 Å². The molecule has 15 heteroatoms. The van der Waals surface area contributed by atoms with Crippen LogP contribution in [0.5, 0.6) is 0 Å². The Bertz CT molecular complexity index is 2450. The molecule has 1 saturated carbocycles. The predicted molar refractivity (Wildman–Crippen MR) is 273 cm³/mol. The van der Waals surface area contributed by atoms with Crippen molar-refractivity contribution in [1.29, 1.82) is 0 Å². The third kappa shape index (κ3) is 11.0. The number of benzene rings is 5. The lowest BCUT2D eigenvalue weighted by molar-refractivity contribution is -0.503. The minimum Gasteiger partial charge on any atom is -0.453 e. The minimum absolute atomic E-state index is 0.0784. The van der Waals surface area contributed by atoms with Gasteiger partial charge < -0.3 is 52.1 Å². The Morgan fingerprint density at radius 1 is 0.603 bits per heavy atom. The molecule has 3 aliphatic heterocycles. The number of carbonyl (C=O) groups is 1. The first-order valence-corrected chi connectivity index (χ1v) is 27.3. The molecule has 9 rings (SSSR count). The van der Waals surface area contributed by atoms with Crippen LogP contribution >= 0.6 is 0 Å². The highest BCUT2D eigenvalue weighted by Crippen LogP contribution is 2.52. The predicted octanol–water partition coefficient (Wildman–Crippen LogP) is 8.44. The smallest absolute Gasteiger partial charge is 0.338 e. The molecule has 3 saturated heterocycles. The fraction of sp³-hybridized carbons (Fsp3) is 0.466. The van der Waals surface area contributed by atoms with Crippen molar-refractivity contribution in [2.45, 2.75) is 145 Å². The molecule has 5 aromatic carbocycles. The van der Waals surface area contributed by atoms with Crippen LogP contribution in [0.3, 0.4) is 0 Å². The van der Waals surface area contributed by atoms with Crippen molar-refractivity contribution in [3.8, 4) is 0 Å². The summed E-state index contributed by atoms with van der Waals surface area (Å²) in [5, 5.41) is 1.73. The molecule has 14 nitrogen and oxygen atoms in total. The molecule has 73 heavy (non-hydrogen) atoms. The number of rotatable bonds is 19. The minimum atomic E-state index is -3.15. The number of hydrogen-bond acceptors (Lipinski definition) is 14. The summed E-state index contributed by atoms with van der Waals surface area (Å²) >= 11 is 0.